The van der Waals surface area contributed by atoms with Gasteiger partial charge >= 0.3 is 5.97 Å². The number of aliphatic carboxylic acids is 1. The van der Waals surface area contributed by atoms with E-state index in [1.165, 1.54) is 19.2 Å². The first-order valence-electron chi connectivity index (χ1n) is 6.43. The number of carboxylic acids is 1. The molecule has 1 aliphatic carbocycles. The minimum absolute atomic E-state index is 0.136. The van der Waals surface area contributed by atoms with Gasteiger partial charge in [-0.15, -0.1) is 0 Å². The van der Waals surface area contributed by atoms with Gasteiger partial charge in [0.2, 0.25) is 0 Å². The molecule has 1 fully saturated rings. The molecule has 2 rings (SSSR count). The maximum Gasteiger partial charge on any atom is 0.314 e. The summed E-state index contributed by atoms with van der Waals surface area (Å²) >= 11 is 0. The Hall–Kier alpha value is -1.56. The molecule has 1 aromatic rings. The van der Waals surface area contributed by atoms with Crippen molar-refractivity contribution in [3.05, 3.63) is 23.8 Å². The number of rotatable bonds is 4. The van der Waals surface area contributed by atoms with Crippen LogP contribution in [0.3, 0.4) is 0 Å². The molecule has 0 unspecified atom stereocenters. The fourth-order valence-electron chi connectivity index (χ4n) is 2.87. The average molecular weight is 298 g/mol. The standard InChI is InChI=1S/C14H18O5S/c1-19-12-9-10(20(2,17)18)5-6-11(12)14(13(15)16)7-3-4-8-14/h5-6,9H,3-4,7-8H2,1-2H3,(H,15,16). The van der Waals surface area contributed by atoms with E-state index in [2.05, 4.69) is 0 Å². The van der Waals surface area contributed by atoms with Crippen LogP contribution < -0.4 is 4.74 Å². The van der Waals surface area contributed by atoms with Crippen LogP contribution in [-0.2, 0) is 20.0 Å². The highest BCUT2D eigenvalue weighted by molar-refractivity contribution is 7.90. The highest BCUT2D eigenvalue weighted by Gasteiger charge is 2.44. The number of methoxy groups -OCH3 is 1. The van der Waals surface area contributed by atoms with Crippen molar-refractivity contribution in [2.45, 2.75) is 36.0 Å². The lowest BCUT2D eigenvalue weighted by Crippen LogP contribution is -2.33. The van der Waals surface area contributed by atoms with Gasteiger partial charge in [-0.25, -0.2) is 8.42 Å². The van der Waals surface area contributed by atoms with Crippen molar-refractivity contribution in [1.29, 1.82) is 0 Å². The molecule has 6 heteroatoms. The maximum absolute atomic E-state index is 11.7. The Bertz CT molecular complexity index is 627. The van der Waals surface area contributed by atoms with Crippen LogP contribution in [-0.4, -0.2) is 32.9 Å². The van der Waals surface area contributed by atoms with Gasteiger partial charge in [0.1, 0.15) is 5.75 Å². The lowest BCUT2D eigenvalue weighted by Gasteiger charge is -2.26. The number of ether oxygens (including phenoxy) is 1. The monoisotopic (exact) mass is 298 g/mol. The van der Waals surface area contributed by atoms with Gasteiger partial charge in [-0.2, -0.15) is 0 Å². The molecule has 20 heavy (non-hydrogen) atoms. The summed E-state index contributed by atoms with van der Waals surface area (Å²) in [7, 11) is -1.92. The van der Waals surface area contributed by atoms with Crippen molar-refractivity contribution in [3.63, 3.8) is 0 Å². The Morgan fingerprint density at radius 2 is 1.90 bits per heavy atom. The summed E-state index contributed by atoms with van der Waals surface area (Å²) in [6, 6.07) is 4.44. The number of carboxylic acid groups (broad SMARTS) is 1. The van der Waals surface area contributed by atoms with Crippen LogP contribution in [0, 0.1) is 0 Å². The minimum atomic E-state index is -3.34. The van der Waals surface area contributed by atoms with Crippen molar-refractivity contribution in [3.8, 4) is 5.75 Å². The molecule has 0 aliphatic heterocycles. The largest absolute Gasteiger partial charge is 0.496 e. The molecule has 1 aromatic carbocycles. The van der Waals surface area contributed by atoms with Gasteiger partial charge in [-0.1, -0.05) is 18.9 Å². The number of sulfone groups is 1. The molecule has 0 aromatic heterocycles. The number of benzene rings is 1. The molecule has 0 saturated heterocycles. The first-order valence-corrected chi connectivity index (χ1v) is 8.32. The smallest absolute Gasteiger partial charge is 0.314 e. The van der Waals surface area contributed by atoms with Crippen LogP contribution >= 0.6 is 0 Å². The van der Waals surface area contributed by atoms with Crippen LogP contribution in [0.15, 0.2) is 23.1 Å². The van der Waals surface area contributed by atoms with Gasteiger partial charge in [0.25, 0.3) is 0 Å². The second-order valence-electron chi connectivity index (χ2n) is 5.23. The molecule has 1 aliphatic rings. The minimum Gasteiger partial charge on any atom is -0.496 e. The Morgan fingerprint density at radius 1 is 1.30 bits per heavy atom. The van der Waals surface area contributed by atoms with Crippen LogP contribution in [0.4, 0.5) is 0 Å². The summed E-state index contributed by atoms with van der Waals surface area (Å²) in [6.45, 7) is 0. The fraction of sp³-hybridized carbons (Fsp3) is 0.500. The predicted molar refractivity (Wildman–Crippen MR) is 73.9 cm³/mol. The fourth-order valence-corrected chi connectivity index (χ4v) is 3.51. The summed E-state index contributed by atoms with van der Waals surface area (Å²) in [5.74, 6) is -0.544. The quantitative estimate of drug-likeness (QED) is 0.919. The van der Waals surface area contributed by atoms with Gasteiger partial charge < -0.3 is 9.84 Å². The van der Waals surface area contributed by atoms with E-state index in [0.717, 1.165) is 19.1 Å². The van der Waals surface area contributed by atoms with E-state index in [9.17, 15) is 18.3 Å². The van der Waals surface area contributed by atoms with E-state index >= 15 is 0 Å². The van der Waals surface area contributed by atoms with Gasteiger partial charge in [-0.05, 0) is 25.0 Å². The highest BCUT2D eigenvalue weighted by atomic mass is 32.2. The van der Waals surface area contributed by atoms with Crippen molar-refractivity contribution in [1.82, 2.24) is 0 Å². The zero-order valence-corrected chi connectivity index (χ0v) is 12.4. The van der Waals surface area contributed by atoms with Gasteiger partial charge in [0, 0.05) is 11.8 Å². The molecule has 0 atom stereocenters. The molecular weight excluding hydrogens is 280 g/mol. The molecular formula is C14H18O5S. The zero-order chi connectivity index (χ0) is 15.0. The Balaban J connectivity index is 2.60. The molecule has 5 nitrogen and oxygen atoms in total. The predicted octanol–water partition coefficient (Wildman–Crippen LogP) is 2.00. The zero-order valence-electron chi connectivity index (χ0n) is 11.5. The van der Waals surface area contributed by atoms with Gasteiger partial charge in [0.05, 0.1) is 17.4 Å². The lowest BCUT2D eigenvalue weighted by atomic mass is 9.78. The van der Waals surface area contributed by atoms with Crippen LogP contribution in [0.1, 0.15) is 31.2 Å². The second kappa shape index (κ2) is 5.09. The van der Waals surface area contributed by atoms with Crippen LogP contribution in [0.5, 0.6) is 5.75 Å². The summed E-state index contributed by atoms with van der Waals surface area (Å²) < 4.78 is 28.4. The second-order valence-corrected chi connectivity index (χ2v) is 7.24. The van der Waals surface area contributed by atoms with Crippen molar-refractivity contribution >= 4 is 15.8 Å². The van der Waals surface area contributed by atoms with E-state index in [4.69, 9.17) is 4.74 Å². The lowest BCUT2D eigenvalue weighted by molar-refractivity contribution is -0.143. The van der Waals surface area contributed by atoms with Crippen molar-refractivity contribution in [2.24, 2.45) is 0 Å². The molecule has 0 heterocycles. The Morgan fingerprint density at radius 3 is 2.35 bits per heavy atom. The Kier molecular flexibility index (Phi) is 3.77. The summed E-state index contributed by atoms with van der Waals surface area (Å²) in [6.07, 6.45) is 3.92. The first kappa shape index (κ1) is 14.8. The first-order chi connectivity index (χ1) is 9.31. The van der Waals surface area contributed by atoms with Crippen LogP contribution in [0.2, 0.25) is 0 Å². The molecule has 0 spiro atoms. The SMILES string of the molecule is COc1cc(S(C)(=O)=O)ccc1C1(C(=O)O)CCCC1. The molecule has 1 N–H and O–H groups in total. The summed E-state index contributed by atoms with van der Waals surface area (Å²) in [4.78, 5) is 11.8. The van der Waals surface area contributed by atoms with E-state index in [1.54, 1.807) is 6.07 Å². The third kappa shape index (κ3) is 2.40. The van der Waals surface area contributed by atoms with Crippen molar-refractivity contribution in [2.75, 3.05) is 13.4 Å². The average Bonchev–Trinajstić information content (AvgIpc) is 2.87. The van der Waals surface area contributed by atoms with Gasteiger partial charge in [-0.3, -0.25) is 4.79 Å². The normalized spacial score (nSPS) is 17.9. The third-order valence-electron chi connectivity index (χ3n) is 3.98. The molecule has 0 bridgehead atoms. The van der Waals surface area contributed by atoms with Crippen LogP contribution in [0.25, 0.3) is 0 Å². The topological polar surface area (TPSA) is 80.7 Å². The number of carbonyl (C=O) groups is 1. The highest BCUT2D eigenvalue weighted by Crippen LogP contribution is 2.45. The molecule has 1 saturated carbocycles. The van der Waals surface area contributed by atoms with Gasteiger partial charge in [0.15, 0.2) is 9.84 Å². The van der Waals surface area contributed by atoms with E-state index in [0.29, 0.717) is 24.2 Å². The molecule has 0 amide bonds. The number of hydrogen-bond donors (Lipinski definition) is 1. The molecule has 0 radical (unpaired) electrons. The Labute approximate surface area is 118 Å². The molecule has 110 valence electrons. The number of hydrogen-bond acceptors (Lipinski definition) is 4. The summed E-state index contributed by atoms with van der Waals surface area (Å²) in [5, 5.41) is 9.59. The van der Waals surface area contributed by atoms with Crippen molar-refractivity contribution < 1.29 is 23.1 Å². The summed E-state index contributed by atoms with van der Waals surface area (Å²) in [5.41, 5.74) is -0.390. The van der Waals surface area contributed by atoms with E-state index in [1.807, 2.05) is 0 Å². The van der Waals surface area contributed by atoms with E-state index < -0.39 is 21.2 Å². The third-order valence-corrected chi connectivity index (χ3v) is 5.09. The maximum atomic E-state index is 11.7. The van der Waals surface area contributed by atoms with E-state index in [-0.39, 0.29) is 4.90 Å².